The molecule has 0 aromatic heterocycles. The van der Waals surface area contributed by atoms with Gasteiger partial charge < -0.3 is 26.6 Å². The molecule has 0 rings (SSSR count). The number of hydrogen-bond donors (Lipinski definition) is 2. The summed E-state index contributed by atoms with van der Waals surface area (Å²) in [4.78, 5) is 19.1. The van der Waals surface area contributed by atoms with Crippen molar-refractivity contribution in [3.05, 3.63) is 12.7 Å². The molecular weight excluding hydrogens is 143 g/mol. The Hall–Kier alpha value is -0.0300. The first-order valence-corrected chi connectivity index (χ1v) is 2.75. The summed E-state index contributed by atoms with van der Waals surface area (Å²) in [5.41, 5.74) is 0. The zero-order valence-corrected chi connectivity index (χ0v) is 6.56. The first-order chi connectivity index (χ1) is 3.27. The summed E-state index contributed by atoms with van der Waals surface area (Å²) < 4.78 is 4.03. The lowest BCUT2D eigenvalue weighted by atomic mass is 10.7. The van der Waals surface area contributed by atoms with Crippen LogP contribution in [0.2, 0.25) is 0 Å². The zero-order chi connectivity index (χ0) is 5.70. The van der Waals surface area contributed by atoms with Gasteiger partial charge in [0.05, 0.1) is 6.61 Å². The van der Waals surface area contributed by atoms with Crippen molar-refractivity contribution < 1.29 is 14.3 Å². The van der Waals surface area contributed by atoms with Crippen LogP contribution in [0.4, 0.5) is 0 Å². The Morgan fingerprint density at radius 1 is 1.44 bits per heavy atom. The molecule has 0 heterocycles. The topological polar surface area (TPSA) is 128 Å². The molecule has 8 N–H and O–H groups in total. The molecule has 0 spiro atoms. The highest BCUT2D eigenvalue weighted by atomic mass is 31.2. The van der Waals surface area contributed by atoms with Gasteiger partial charge in [-0.2, -0.15) is 8.60 Å². The Morgan fingerprint density at radius 3 is 2.00 bits per heavy atom. The van der Waals surface area contributed by atoms with E-state index in [1.807, 2.05) is 0 Å². The maximum atomic E-state index is 9.53. The van der Waals surface area contributed by atoms with E-state index >= 15 is 0 Å². The lowest BCUT2D eigenvalue weighted by Gasteiger charge is -2.28. The highest BCUT2D eigenvalue weighted by Gasteiger charge is 1.67. The van der Waals surface area contributed by atoms with Gasteiger partial charge in [0.15, 0.2) is 0 Å². The monoisotopic (exact) mass is 156 g/mol. The van der Waals surface area contributed by atoms with Crippen LogP contribution in [-0.4, -0.2) is 6.61 Å². The van der Waals surface area contributed by atoms with E-state index in [-0.39, 0.29) is 18.9 Å². The Kier molecular flexibility index (Phi) is 19.3. The Bertz CT molecular complexity index is 61.0. The van der Waals surface area contributed by atoms with Crippen LogP contribution < -0.4 is 22.1 Å². The molecule has 0 unspecified atom stereocenters. The quantitative estimate of drug-likeness (QED) is 0.436. The zero-order valence-electron chi connectivity index (χ0n) is 5.66. The molecule has 0 aliphatic carbocycles. The lowest BCUT2D eigenvalue weighted by molar-refractivity contribution is -0.317. The van der Waals surface area contributed by atoms with Gasteiger partial charge in [-0.05, 0) is 0 Å². The van der Waals surface area contributed by atoms with Crippen LogP contribution in [0.15, 0.2) is 12.7 Å². The van der Waals surface area contributed by atoms with Crippen molar-refractivity contribution in [2.45, 2.75) is 0 Å². The maximum absolute atomic E-state index is 9.53. The average Bonchev–Trinajstić information content (AvgIpc) is 1.61. The molecule has 5 nitrogen and oxygen atoms in total. The lowest BCUT2D eigenvalue weighted by Crippen LogP contribution is -2.10. The van der Waals surface area contributed by atoms with Crippen LogP contribution in [0.5, 0.6) is 0 Å². The van der Waals surface area contributed by atoms with E-state index in [9.17, 15) is 9.79 Å². The molecule has 0 bridgehead atoms. The second-order valence-corrected chi connectivity index (χ2v) is 1.51. The fourth-order valence-corrected chi connectivity index (χ4v) is 0.341. The molecule has 58 valence electrons. The van der Waals surface area contributed by atoms with Gasteiger partial charge in [0, 0.05) is 0 Å². The molecular formula is C3H13N2O3P. The van der Waals surface area contributed by atoms with E-state index in [0.717, 1.165) is 0 Å². The Labute approximate surface area is 55.5 Å². The maximum Gasteiger partial charge on any atom is 0.0655 e. The SMILES string of the molecule is C=CCOP([O-])[O-].[NH4+].[NH4+]. The predicted octanol–water partition coefficient (Wildman–Crippen LogP) is -0.111. The molecule has 0 atom stereocenters. The van der Waals surface area contributed by atoms with Crippen LogP contribution in [0.1, 0.15) is 0 Å². The van der Waals surface area contributed by atoms with Crippen LogP contribution in [0, 0.1) is 0 Å². The van der Waals surface area contributed by atoms with Gasteiger partial charge in [-0.1, -0.05) is 6.08 Å². The third kappa shape index (κ3) is 18.0. The summed E-state index contributed by atoms with van der Waals surface area (Å²) in [5, 5.41) is 0. The third-order valence-electron chi connectivity index (χ3n) is 0.298. The fourth-order valence-electron chi connectivity index (χ4n) is 0.114. The average molecular weight is 156 g/mol. The third-order valence-corrected chi connectivity index (χ3v) is 0.658. The summed E-state index contributed by atoms with van der Waals surface area (Å²) >= 11 is 0. The molecule has 0 aliphatic rings. The van der Waals surface area contributed by atoms with E-state index in [2.05, 4.69) is 11.1 Å². The molecule has 0 saturated carbocycles. The summed E-state index contributed by atoms with van der Waals surface area (Å²) in [7, 11) is -2.68. The standard InChI is InChI=1S/C3H5O3P.2H3N/c1-2-3-6-7(4)5;;/h2H,1,3H2;2*1H3/q-2;;/p+2. The second-order valence-electron chi connectivity index (χ2n) is 0.808. The first kappa shape index (κ1) is 16.0. The minimum absolute atomic E-state index is 0. The van der Waals surface area contributed by atoms with Crippen LogP contribution >= 0.6 is 8.60 Å². The second kappa shape index (κ2) is 10.9. The molecule has 0 radical (unpaired) electrons. The highest BCUT2D eigenvalue weighted by molar-refractivity contribution is 7.36. The normalized spacial score (nSPS) is 7.44. The number of rotatable bonds is 3. The summed E-state index contributed by atoms with van der Waals surface area (Å²) in [6.45, 7) is 3.31. The van der Waals surface area contributed by atoms with Gasteiger partial charge in [-0.25, -0.2) is 0 Å². The minimum atomic E-state index is -2.68. The van der Waals surface area contributed by atoms with Gasteiger partial charge in [-0.15, -0.1) is 6.58 Å². The summed E-state index contributed by atoms with van der Waals surface area (Å²) in [6, 6.07) is 0. The van der Waals surface area contributed by atoms with E-state index < -0.39 is 8.60 Å². The molecule has 0 amide bonds. The minimum Gasteiger partial charge on any atom is -0.820 e. The molecule has 0 saturated heterocycles. The first-order valence-electron chi connectivity index (χ1n) is 1.65. The van der Waals surface area contributed by atoms with Gasteiger partial charge in [0.2, 0.25) is 0 Å². The predicted molar refractivity (Wildman–Crippen MR) is 35.0 cm³/mol. The highest BCUT2D eigenvalue weighted by Crippen LogP contribution is 2.10. The van der Waals surface area contributed by atoms with Gasteiger partial charge in [0.25, 0.3) is 0 Å². The van der Waals surface area contributed by atoms with E-state index in [0.29, 0.717) is 0 Å². The van der Waals surface area contributed by atoms with Crippen molar-refractivity contribution in [2.24, 2.45) is 0 Å². The Morgan fingerprint density at radius 2 is 1.89 bits per heavy atom. The van der Waals surface area contributed by atoms with Crippen molar-refractivity contribution in [1.82, 2.24) is 12.3 Å². The van der Waals surface area contributed by atoms with Crippen molar-refractivity contribution >= 4 is 8.60 Å². The molecule has 0 aromatic carbocycles. The number of quaternary nitrogens is 2. The smallest absolute Gasteiger partial charge is 0.0655 e. The molecule has 0 aromatic rings. The summed E-state index contributed by atoms with van der Waals surface area (Å²) in [6.07, 6.45) is 1.37. The molecule has 9 heavy (non-hydrogen) atoms. The molecule has 0 fully saturated rings. The van der Waals surface area contributed by atoms with Gasteiger partial charge in [0.1, 0.15) is 0 Å². The van der Waals surface area contributed by atoms with E-state index in [1.54, 1.807) is 0 Å². The number of hydrogen-bond acceptors (Lipinski definition) is 3. The largest absolute Gasteiger partial charge is 0.820 e. The molecule has 0 aliphatic heterocycles. The Balaban J connectivity index is -0.000000180. The molecule has 6 heteroatoms. The fraction of sp³-hybridized carbons (Fsp3) is 0.333. The van der Waals surface area contributed by atoms with E-state index in [1.165, 1.54) is 6.08 Å². The summed E-state index contributed by atoms with van der Waals surface area (Å²) in [5.74, 6) is 0. The van der Waals surface area contributed by atoms with Crippen molar-refractivity contribution in [1.29, 1.82) is 0 Å². The van der Waals surface area contributed by atoms with Crippen molar-refractivity contribution in [2.75, 3.05) is 6.61 Å². The van der Waals surface area contributed by atoms with Crippen LogP contribution in [0.3, 0.4) is 0 Å². The van der Waals surface area contributed by atoms with E-state index in [4.69, 9.17) is 0 Å². The van der Waals surface area contributed by atoms with Gasteiger partial charge >= 0.3 is 0 Å². The van der Waals surface area contributed by atoms with Gasteiger partial charge in [-0.3, -0.25) is 0 Å². The van der Waals surface area contributed by atoms with Crippen molar-refractivity contribution in [3.63, 3.8) is 0 Å². The van der Waals surface area contributed by atoms with Crippen molar-refractivity contribution in [3.8, 4) is 0 Å². The van der Waals surface area contributed by atoms with Crippen LogP contribution in [0.25, 0.3) is 0 Å². The van der Waals surface area contributed by atoms with Crippen LogP contribution in [-0.2, 0) is 4.52 Å².